The highest BCUT2D eigenvalue weighted by molar-refractivity contribution is 7.89. The molecule has 0 heterocycles. The van der Waals surface area contributed by atoms with Crippen molar-refractivity contribution in [3.63, 3.8) is 0 Å². The van der Waals surface area contributed by atoms with Crippen LogP contribution in [-0.2, 0) is 10.0 Å². The predicted octanol–water partition coefficient (Wildman–Crippen LogP) is 1.00. The molecule has 0 spiro atoms. The van der Waals surface area contributed by atoms with E-state index in [1.165, 1.54) is 18.2 Å². The maximum Gasteiger partial charge on any atom is 0.270 e. The van der Waals surface area contributed by atoms with Gasteiger partial charge in [0.05, 0.1) is 9.82 Å². The van der Waals surface area contributed by atoms with E-state index >= 15 is 0 Å². The van der Waals surface area contributed by atoms with Crippen molar-refractivity contribution >= 4 is 15.7 Å². The molecule has 0 amide bonds. The Balaban J connectivity index is 2.22. The molecule has 0 aliphatic heterocycles. The Morgan fingerprint density at radius 2 is 2.15 bits per heavy atom. The van der Waals surface area contributed by atoms with Crippen LogP contribution >= 0.6 is 0 Å². The summed E-state index contributed by atoms with van der Waals surface area (Å²) < 4.78 is 27.1. The summed E-state index contributed by atoms with van der Waals surface area (Å²) in [6, 6.07) is 4.85. The first-order valence-electron chi connectivity index (χ1n) is 6.41. The average molecular weight is 299 g/mol. The first kappa shape index (κ1) is 14.9. The first-order valence-corrected chi connectivity index (χ1v) is 7.89. The summed E-state index contributed by atoms with van der Waals surface area (Å²) in [4.78, 5) is 9.99. The Bertz CT molecular complexity index is 602. The van der Waals surface area contributed by atoms with E-state index in [9.17, 15) is 18.5 Å². The summed E-state index contributed by atoms with van der Waals surface area (Å²) in [6.07, 6.45) is 2.58. The van der Waals surface area contributed by atoms with Crippen LogP contribution in [0.2, 0.25) is 0 Å². The molecule has 2 atom stereocenters. The van der Waals surface area contributed by atoms with E-state index in [0.29, 0.717) is 6.54 Å². The van der Waals surface area contributed by atoms with Gasteiger partial charge in [-0.15, -0.1) is 0 Å². The summed E-state index contributed by atoms with van der Waals surface area (Å²) in [5.41, 5.74) is 5.38. The summed E-state index contributed by atoms with van der Waals surface area (Å²) >= 11 is 0. The van der Waals surface area contributed by atoms with Crippen molar-refractivity contribution in [2.24, 2.45) is 11.7 Å². The maximum atomic E-state index is 12.2. The van der Waals surface area contributed by atoms with Gasteiger partial charge in [0.25, 0.3) is 5.69 Å². The van der Waals surface area contributed by atoms with Crippen LogP contribution in [0.1, 0.15) is 19.3 Å². The number of nitro groups is 1. The highest BCUT2D eigenvalue weighted by atomic mass is 32.2. The molecule has 110 valence electrons. The van der Waals surface area contributed by atoms with E-state index in [0.717, 1.165) is 25.3 Å². The predicted molar refractivity (Wildman–Crippen MR) is 73.6 cm³/mol. The number of rotatable bonds is 5. The lowest BCUT2D eigenvalue weighted by Crippen LogP contribution is -2.39. The molecule has 0 saturated heterocycles. The molecule has 0 radical (unpaired) electrons. The number of nitrogens with one attached hydrogen (secondary N) is 1. The SMILES string of the molecule is NCC1CCCC1NS(=O)(=O)c1cccc([N+](=O)[O-])c1. The van der Waals surface area contributed by atoms with Gasteiger partial charge < -0.3 is 5.73 Å². The fourth-order valence-electron chi connectivity index (χ4n) is 2.51. The average Bonchev–Trinajstić information content (AvgIpc) is 2.85. The van der Waals surface area contributed by atoms with Crippen LogP contribution in [0.5, 0.6) is 0 Å². The van der Waals surface area contributed by atoms with Gasteiger partial charge >= 0.3 is 0 Å². The molecule has 1 aromatic carbocycles. The quantitative estimate of drug-likeness (QED) is 0.621. The number of non-ortho nitro benzene ring substituents is 1. The van der Waals surface area contributed by atoms with Gasteiger partial charge in [0.1, 0.15) is 0 Å². The van der Waals surface area contributed by atoms with Crippen LogP contribution in [0.15, 0.2) is 29.2 Å². The van der Waals surface area contributed by atoms with Gasteiger partial charge in [0.2, 0.25) is 10.0 Å². The van der Waals surface area contributed by atoms with E-state index < -0.39 is 14.9 Å². The standard InChI is InChI=1S/C12H17N3O4S/c13-8-9-3-1-6-12(9)14-20(18,19)11-5-2-4-10(7-11)15(16)17/h2,4-5,7,9,12,14H,1,3,6,8,13H2. The minimum Gasteiger partial charge on any atom is -0.330 e. The minimum atomic E-state index is -3.75. The Morgan fingerprint density at radius 1 is 1.40 bits per heavy atom. The lowest BCUT2D eigenvalue weighted by atomic mass is 10.1. The minimum absolute atomic E-state index is 0.0885. The molecular formula is C12H17N3O4S. The van der Waals surface area contributed by atoms with Crippen molar-refractivity contribution in [2.75, 3.05) is 6.54 Å². The largest absolute Gasteiger partial charge is 0.330 e. The Labute approximate surface area is 117 Å². The molecule has 7 nitrogen and oxygen atoms in total. The summed E-state index contributed by atoms with van der Waals surface area (Å²) in [5.74, 6) is 0.128. The molecule has 1 aliphatic rings. The molecule has 8 heteroatoms. The second kappa shape index (κ2) is 5.86. The van der Waals surface area contributed by atoms with Crippen LogP contribution in [0, 0.1) is 16.0 Å². The van der Waals surface area contributed by atoms with Gasteiger partial charge in [0, 0.05) is 18.2 Å². The first-order chi connectivity index (χ1) is 9.44. The van der Waals surface area contributed by atoms with Crippen molar-refractivity contribution in [1.82, 2.24) is 4.72 Å². The summed E-state index contributed by atoms with van der Waals surface area (Å²) in [6.45, 7) is 0.433. The number of nitrogens with zero attached hydrogens (tertiary/aromatic N) is 1. The lowest BCUT2D eigenvalue weighted by Gasteiger charge is -2.19. The Kier molecular flexibility index (Phi) is 4.36. The zero-order valence-corrected chi connectivity index (χ0v) is 11.7. The third kappa shape index (κ3) is 3.14. The molecule has 1 aliphatic carbocycles. The zero-order valence-electron chi connectivity index (χ0n) is 10.9. The van der Waals surface area contributed by atoms with Gasteiger partial charge in [-0.3, -0.25) is 10.1 Å². The number of nitro benzene ring substituents is 1. The molecule has 2 rings (SSSR count). The van der Waals surface area contributed by atoms with Crippen molar-refractivity contribution in [3.8, 4) is 0 Å². The zero-order chi connectivity index (χ0) is 14.8. The number of nitrogens with two attached hydrogens (primary N) is 1. The highest BCUT2D eigenvalue weighted by Gasteiger charge is 2.30. The van der Waals surface area contributed by atoms with E-state index in [1.54, 1.807) is 0 Å². The van der Waals surface area contributed by atoms with Crippen LogP contribution in [0.3, 0.4) is 0 Å². The third-order valence-electron chi connectivity index (χ3n) is 3.61. The van der Waals surface area contributed by atoms with Crippen LogP contribution < -0.4 is 10.5 Å². The topological polar surface area (TPSA) is 115 Å². The summed E-state index contributed by atoms with van der Waals surface area (Å²) in [7, 11) is -3.75. The number of hydrogen-bond acceptors (Lipinski definition) is 5. The molecule has 20 heavy (non-hydrogen) atoms. The van der Waals surface area contributed by atoms with E-state index in [-0.39, 0.29) is 22.5 Å². The molecule has 1 saturated carbocycles. The fraction of sp³-hybridized carbons (Fsp3) is 0.500. The Hall–Kier alpha value is -1.51. The van der Waals surface area contributed by atoms with Gasteiger partial charge in [-0.25, -0.2) is 13.1 Å². The van der Waals surface area contributed by atoms with Crippen LogP contribution in [0.25, 0.3) is 0 Å². The van der Waals surface area contributed by atoms with Crippen LogP contribution in [-0.4, -0.2) is 25.9 Å². The smallest absolute Gasteiger partial charge is 0.270 e. The third-order valence-corrected chi connectivity index (χ3v) is 5.09. The molecule has 1 aromatic rings. The molecule has 3 N–H and O–H groups in total. The van der Waals surface area contributed by atoms with Gasteiger partial charge in [0.15, 0.2) is 0 Å². The van der Waals surface area contributed by atoms with Gasteiger partial charge in [-0.05, 0) is 31.4 Å². The van der Waals surface area contributed by atoms with E-state index in [1.807, 2.05) is 0 Å². The monoisotopic (exact) mass is 299 g/mol. The van der Waals surface area contributed by atoms with E-state index in [2.05, 4.69) is 4.72 Å². The lowest BCUT2D eigenvalue weighted by molar-refractivity contribution is -0.385. The molecular weight excluding hydrogens is 282 g/mol. The van der Waals surface area contributed by atoms with Crippen molar-refractivity contribution < 1.29 is 13.3 Å². The number of benzene rings is 1. The molecule has 0 aromatic heterocycles. The van der Waals surface area contributed by atoms with Crippen molar-refractivity contribution in [2.45, 2.75) is 30.2 Å². The van der Waals surface area contributed by atoms with Gasteiger partial charge in [-0.2, -0.15) is 0 Å². The van der Waals surface area contributed by atoms with Crippen LogP contribution in [0.4, 0.5) is 5.69 Å². The number of hydrogen-bond donors (Lipinski definition) is 2. The maximum absolute atomic E-state index is 12.2. The van der Waals surface area contributed by atoms with E-state index in [4.69, 9.17) is 5.73 Å². The second-order valence-corrected chi connectivity index (χ2v) is 6.62. The summed E-state index contributed by atoms with van der Waals surface area (Å²) in [5, 5.41) is 10.7. The fourth-order valence-corrected chi connectivity index (χ4v) is 3.88. The molecule has 1 fully saturated rings. The van der Waals surface area contributed by atoms with Crippen molar-refractivity contribution in [3.05, 3.63) is 34.4 Å². The molecule has 2 unspecified atom stereocenters. The van der Waals surface area contributed by atoms with Gasteiger partial charge in [-0.1, -0.05) is 12.5 Å². The normalized spacial score (nSPS) is 22.9. The highest BCUT2D eigenvalue weighted by Crippen LogP contribution is 2.26. The van der Waals surface area contributed by atoms with Crippen molar-refractivity contribution in [1.29, 1.82) is 0 Å². The number of sulfonamides is 1. The second-order valence-electron chi connectivity index (χ2n) is 4.91. The Morgan fingerprint density at radius 3 is 2.80 bits per heavy atom. The molecule has 0 bridgehead atoms.